The van der Waals surface area contributed by atoms with Gasteiger partial charge in [-0.1, -0.05) is 20.1 Å². The lowest BCUT2D eigenvalue weighted by Crippen LogP contribution is -2.21. The summed E-state index contributed by atoms with van der Waals surface area (Å²) in [5.74, 6) is -0.779. The van der Waals surface area contributed by atoms with Crippen molar-refractivity contribution < 1.29 is 19.1 Å². The van der Waals surface area contributed by atoms with Gasteiger partial charge in [0.05, 0.1) is 0 Å². The molecule has 0 rings (SSSR count). The summed E-state index contributed by atoms with van der Waals surface area (Å²) in [5, 5.41) is 3.10. The largest absolute Gasteiger partial charge is 0.461 e. The number of nitrogens with one attached hydrogen (secondary N) is 1. The minimum atomic E-state index is -0.421. The molecule has 0 saturated carbocycles. The molecular weight excluding hydrogens is 248 g/mol. The molecule has 3 N–H and O–H groups in total. The van der Waals surface area contributed by atoms with E-state index in [1.807, 2.05) is 0 Å². The third-order valence-electron chi connectivity index (χ3n) is 1.65. The van der Waals surface area contributed by atoms with Gasteiger partial charge in [0, 0.05) is 25.2 Å². The molecule has 0 amide bonds. The molecule has 0 heterocycles. The molecule has 19 heavy (non-hydrogen) atoms. The van der Waals surface area contributed by atoms with Crippen LogP contribution in [0.1, 0.15) is 13.3 Å². The fourth-order valence-corrected chi connectivity index (χ4v) is 0.803. The average Bonchev–Trinajstić information content (AvgIpc) is 2.44. The van der Waals surface area contributed by atoms with Crippen LogP contribution in [0.2, 0.25) is 0 Å². The lowest BCUT2D eigenvalue weighted by molar-refractivity contribution is -0.138. The first-order valence-electron chi connectivity index (χ1n) is 6.11. The summed E-state index contributed by atoms with van der Waals surface area (Å²) in [6, 6.07) is 0. The minimum absolute atomic E-state index is 0.269. The smallest absolute Gasteiger partial charge is 0.330 e. The first-order chi connectivity index (χ1) is 9.12. The summed E-state index contributed by atoms with van der Waals surface area (Å²) in [6.07, 6.45) is 3.37. The fourth-order valence-electron chi connectivity index (χ4n) is 0.803. The molecule has 6 heteroatoms. The predicted octanol–water partition coefficient (Wildman–Crippen LogP) is 0.390. The maximum absolute atomic E-state index is 10.5. The Kier molecular flexibility index (Phi) is 16.9. The Balaban J connectivity index is 0. The number of rotatable bonds is 9. The number of carbonyl (C=O) groups is 2. The quantitative estimate of drug-likeness (QED) is 0.358. The Morgan fingerprint density at radius 1 is 1.11 bits per heavy atom. The second kappa shape index (κ2) is 16.3. The number of hydrogen-bond acceptors (Lipinski definition) is 6. The van der Waals surface area contributed by atoms with E-state index in [4.69, 9.17) is 10.5 Å². The highest BCUT2D eigenvalue weighted by atomic mass is 16.5. The van der Waals surface area contributed by atoms with Gasteiger partial charge in [0.25, 0.3) is 0 Å². The van der Waals surface area contributed by atoms with Gasteiger partial charge in [-0.05, 0) is 13.0 Å². The molecule has 0 aliphatic heterocycles. The average molecular weight is 272 g/mol. The maximum atomic E-state index is 10.5. The van der Waals surface area contributed by atoms with E-state index in [9.17, 15) is 9.59 Å². The van der Waals surface area contributed by atoms with E-state index < -0.39 is 5.97 Å². The van der Waals surface area contributed by atoms with E-state index in [0.717, 1.165) is 19.0 Å². The van der Waals surface area contributed by atoms with Gasteiger partial charge in [0.15, 0.2) is 0 Å². The van der Waals surface area contributed by atoms with Crippen LogP contribution >= 0.6 is 0 Å². The van der Waals surface area contributed by atoms with Crippen LogP contribution in [0.25, 0.3) is 0 Å². The standard InChI is InChI=1S/C8H15NO2.C5H9NO2/c1-3-5-9-6-7-11-8(10)4-2;1-2-5(7)8-4-3-6/h4,9H,2-3,5-7H2,1H3;2H,1,3-4,6H2. The second-order valence-electron chi connectivity index (χ2n) is 3.28. The predicted molar refractivity (Wildman–Crippen MR) is 74.5 cm³/mol. The summed E-state index contributed by atoms with van der Waals surface area (Å²) in [4.78, 5) is 20.7. The summed E-state index contributed by atoms with van der Waals surface area (Å²) >= 11 is 0. The third kappa shape index (κ3) is 18.9. The van der Waals surface area contributed by atoms with Crippen molar-refractivity contribution in [2.75, 3.05) is 32.8 Å². The SMILES string of the molecule is C=CC(=O)OCCN.C=CC(=O)OCCNCCC. The van der Waals surface area contributed by atoms with E-state index in [2.05, 4.69) is 30.1 Å². The van der Waals surface area contributed by atoms with E-state index in [1.54, 1.807) is 0 Å². The van der Waals surface area contributed by atoms with Crippen LogP contribution in [-0.4, -0.2) is 44.8 Å². The third-order valence-corrected chi connectivity index (χ3v) is 1.65. The van der Waals surface area contributed by atoms with Crippen LogP contribution in [0.3, 0.4) is 0 Å². The van der Waals surface area contributed by atoms with Crippen LogP contribution in [0.5, 0.6) is 0 Å². The first-order valence-corrected chi connectivity index (χ1v) is 6.11. The normalized spacial score (nSPS) is 8.74. The number of esters is 2. The molecule has 0 fully saturated rings. The van der Waals surface area contributed by atoms with Crippen molar-refractivity contribution in [2.24, 2.45) is 5.73 Å². The van der Waals surface area contributed by atoms with Crippen LogP contribution in [0.15, 0.2) is 25.3 Å². The Hall–Kier alpha value is -1.66. The summed E-state index contributed by atoms with van der Waals surface area (Å²) in [5.41, 5.74) is 5.02. The molecule has 0 saturated heterocycles. The highest BCUT2D eigenvalue weighted by molar-refractivity contribution is 5.81. The van der Waals surface area contributed by atoms with E-state index in [-0.39, 0.29) is 12.6 Å². The van der Waals surface area contributed by atoms with Crippen LogP contribution < -0.4 is 11.1 Å². The lowest BCUT2D eigenvalue weighted by Gasteiger charge is -2.02. The fraction of sp³-hybridized carbons (Fsp3) is 0.538. The summed E-state index contributed by atoms with van der Waals surface area (Å²) in [6.45, 7) is 11.3. The Morgan fingerprint density at radius 2 is 1.63 bits per heavy atom. The van der Waals surface area contributed by atoms with Crippen LogP contribution in [0, 0.1) is 0 Å². The Bertz CT molecular complexity index is 267. The van der Waals surface area contributed by atoms with Gasteiger partial charge in [-0.25, -0.2) is 9.59 Å². The van der Waals surface area contributed by atoms with Crippen LogP contribution in [0.4, 0.5) is 0 Å². The van der Waals surface area contributed by atoms with E-state index >= 15 is 0 Å². The van der Waals surface area contributed by atoms with Crippen molar-refractivity contribution in [3.8, 4) is 0 Å². The lowest BCUT2D eigenvalue weighted by atomic mass is 10.5. The molecule has 0 aromatic heterocycles. The van der Waals surface area contributed by atoms with Gasteiger partial charge in [-0.15, -0.1) is 0 Å². The molecule has 0 aromatic rings. The van der Waals surface area contributed by atoms with Crippen molar-refractivity contribution in [1.29, 1.82) is 0 Å². The minimum Gasteiger partial charge on any atom is -0.461 e. The van der Waals surface area contributed by atoms with Gasteiger partial charge in [0.2, 0.25) is 0 Å². The number of hydrogen-bond donors (Lipinski definition) is 2. The highest BCUT2D eigenvalue weighted by Gasteiger charge is 1.92. The monoisotopic (exact) mass is 272 g/mol. The van der Waals surface area contributed by atoms with Gasteiger partial charge in [-0.2, -0.15) is 0 Å². The number of ether oxygens (including phenoxy) is 2. The molecule has 0 radical (unpaired) electrons. The Labute approximate surface area is 114 Å². The second-order valence-corrected chi connectivity index (χ2v) is 3.28. The molecule has 6 nitrogen and oxygen atoms in total. The van der Waals surface area contributed by atoms with Gasteiger partial charge < -0.3 is 20.5 Å². The van der Waals surface area contributed by atoms with Gasteiger partial charge >= 0.3 is 11.9 Å². The Morgan fingerprint density at radius 3 is 2.05 bits per heavy atom. The molecule has 0 atom stereocenters. The molecule has 0 aliphatic carbocycles. The van der Waals surface area contributed by atoms with Crippen molar-refractivity contribution in [1.82, 2.24) is 5.32 Å². The van der Waals surface area contributed by atoms with Crippen molar-refractivity contribution in [2.45, 2.75) is 13.3 Å². The van der Waals surface area contributed by atoms with Gasteiger partial charge in [-0.3, -0.25) is 0 Å². The molecule has 0 unspecified atom stereocenters. The van der Waals surface area contributed by atoms with Crippen molar-refractivity contribution in [3.63, 3.8) is 0 Å². The zero-order chi connectivity index (χ0) is 14.9. The van der Waals surface area contributed by atoms with Crippen molar-refractivity contribution in [3.05, 3.63) is 25.3 Å². The zero-order valence-corrected chi connectivity index (χ0v) is 11.5. The van der Waals surface area contributed by atoms with Crippen molar-refractivity contribution >= 4 is 11.9 Å². The van der Waals surface area contributed by atoms with Crippen LogP contribution in [-0.2, 0) is 19.1 Å². The first kappa shape index (κ1) is 19.7. The molecule has 0 bridgehead atoms. The highest BCUT2D eigenvalue weighted by Crippen LogP contribution is 1.77. The molecule has 110 valence electrons. The number of nitrogens with two attached hydrogens (primary N) is 1. The topological polar surface area (TPSA) is 90.7 Å². The maximum Gasteiger partial charge on any atom is 0.330 e. The molecule has 0 aromatic carbocycles. The number of carbonyl (C=O) groups excluding carboxylic acids is 2. The summed E-state index contributed by atoms with van der Waals surface area (Å²) < 4.78 is 9.18. The van der Waals surface area contributed by atoms with Gasteiger partial charge in [0.1, 0.15) is 13.2 Å². The van der Waals surface area contributed by atoms with E-state index in [1.165, 1.54) is 6.08 Å². The van der Waals surface area contributed by atoms with E-state index in [0.29, 0.717) is 19.7 Å². The summed E-state index contributed by atoms with van der Waals surface area (Å²) in [7, 11) is 0. The molecular formula is C13H24N2O4. The molecule has 0 aliphatic rings. The molecule has 0 spiro atoms. The zero-order valence-electron chi connectivity index (χ0n) is 11.5.